The number of carbonyl (C=O) groups is 1. The molecule has 0 fully saturated rings. The van der Waals surface area contributed by atoms with Gasteiger partial charge in [-0.1, -0.05) is 26.0 Å². The summed E-state index contributed by atoms with van der Waals surface area (Å²) >= 11 is 0. The fourth-order valence-electron chi connectivity index (χ4n) is 1.92. The van der Waals surface area contributed by atoms with Crippen molar-refractivity contribution in [3.63, 3.8) is 0 Å². The van der Waals surface area contributed by atoms with Gasteiger partial charge in [0.05, 0.1) is 19.9 Å². The average molecular weight is 342 g/mol. The summed E-state index contributed by atoms with van der Waals surface area (Å²) in [7, 11) is -1.80. The first-order valence-corrected chi connectivity index (χ1v) is 9.42. The predicted molar refractivity (Wildman–Crippen MR) is 90.7 cm³/mol. The third-order valence-corrected chi connectivity index (χ3v) is 4.64. The second kappa shape index (κ2) is 8.88. The Hall–Kier alpha value is -1.60. The van der Waals surface area contributed by atoms with E-state index in [-0.39, 0.29) is 12.5 Å². The van der Waals surface area contributed by atoms with Crippen LogP contribution < -0.4 is 10.1 Å². The van der Waals surface area contributed by atoms with Crippen LogP contribution in [0.2, 0.25) is 0 Å². The number of benzene rings is 1. The highest BCUT2D eigenvalue weighted by molar-refractivity contribution is 7.88. The predicted octanol–water partition coefficient (Wildman–Crippen LogP) is 1.62. The molecule has 1 N–H and O–H groups in total. The number of methoxy groups -OCH3 is 1. The number of hydrogen-bond acceptors (Lipinski definition) is 4. The van der Waals surface area contributed by atoms with Crippen LogP contribution >= 0.6 is 0 Å². The lowest BCUT2D eigenvalue weighted by Gasteiger charge is -2.20. The molecule has 0 saturated heterocycles. The summed E-state index contributed by atoms with van der Waals surface area (Å²) in [6, 6.07) is 7.33. The Morgan fingerprint density at radius 1 is 1.26 bits per heavy atom. The fraction of sp³-hybridized carbons (Fsp3) is 0.562. The zero-order chi connectivity index (χ0) is 17.5. The summed E-state index contributed by atoms with van der Waals surface area (Å²) < 4.78 is 29.8. The summed E-state index contributed by atoms with van der Waals surface area (Å²) in [4.78, 5) is 12.0. The van der Waals surface area contributed by atoms with E-state index in [0.29, 0.717) is 19.0 Å². The Morgan fingerprint density at radius 3 is 2.35 bits per heavy atom. The smallest absolute Gasteiger partial charge is 0.235 e. The van der Waals surface area contributed by atoms with Crippen LogP contribution in [0.4, 0.5) is 0 Å². The van der Waals surface area contributed by atoms with E-state index in [1.165, 1.54) is 4.31 Å². The molecule has 0 aliphatic heterocycles. The Bertz CT molecular complexity index is 597. The van der Waals surface area contributed by atoms with E-state index in [1.54, 1.807) is 7.11 Å². The third-order valence-electron chi connectivity index (χ3n) is 3.39. The zero-order valence-corrected chi connectivity index (χ0v) is 15.0. The van der Waals surface area contributed by atoms with E-state index < -0.39 is 10.0 Å². The number of sulfonamides is 1. The summed E-state index contributed by atoms with van der Waals surface area (Å²) in [5.41, 5.74) is 0.923. The maximum absolute atomic E-state index is 12.0. The van der Waals surface area contributed by atoms with Crippen molar-refractivity contribution in [3.05, 3.63) is 29.8 Å². The summed E-state index contributed by atoms with van der Waals surface area (Å²) in [6.45, 7) is 4.59. The Balaban J connectivity index is 2.54. The lowest BCUT2D eigenvalue weighted by molar-refractivity contribution is -0.121. The lowest BCUT2D eigenvalue weighted by Crippen LogP contribution is -2.40. The van der Waals surface area contributed by atoms with Gasteiger partial charge in [0, 0.05) is 13.1 Å². The van der Waals surface area contributed by atoms with Gasteiger partial charge in [-0.2, -0.15) is 4.31 Å². The summed E-state index contributed by atoms with van der Waals surface area (Å²) in [6.07, 6.45) is 1.85. The second-order valence-corrected chi connectivity index (χ2v) is 7.89. The number of rotatable bonds is 9. The molecule has 0 heterocycles. The lowest BCUT2D eigenvalue weighted by atomic mass is 10.1. The second-order valence-electron chi connectivity index (χ2n) is 5.90. The molecule has 6 nitrogen and oxygen atoms in total. The van der Waals surface area contributed by atoms with Crippen molar-refractivity contribution in [2.24, 2.45) is 5.92 Å². The van der Waals surface area contributed by atoms with Crippen molar-refractivity contribution < 1.29 is 17.9 Å². The number of carbonyl (C=O) groups excluding carboxylic acids is 1. The highest BCUT2D eigenvalue weighted by Gasteiger charge is 2.20. The van der Waals surface area contributed by atoms with Crippen molar-refractivity contribution >= 4 is 15.9 Å². The molecule has 0 aromatic heterocycles. The molecule has 23 heavy (non-hydrogen) atoms. The van der Waals surface area contributed by atoms with Gasteiger partial charge in [0.25, 0.3) is 0 Å². The molecule has 0 bridgehead atoms. The van der Waals surface area contributed by atoms with Crippen LogP contribution in [0.15, 0.2) is 24.3 Å². The maximum atomic E-state index is 12.0. The molecule has 0 aliphatic carbocycles. The summed E-state index contributed by atoms with van der Waals surface area (Å²) in [5.74, 6) is 0.814. The van der Waals surface area contributed by atoms with Gasteiger partial charge in [0.2, 0.25) is 15.9 Å². The van der Waals surface area contributed by atoms with Gasteiger partial charge in [-0.05, 0) is 30.0 Å². The maximum Gasteiger partial charge on any atom is 0.235 e. The molecule has 7 heteroatoms. The minimum absolute atomic E-state index is 0.151. The minimum atomic E-state index is -3.39. The first kappa shape index (κ1) is 19.4. The molecular formula is C16H26N2O4S. The van der Waals surface area contributed by atoms with E-state index in [2.05, 4.69) is 5.32 Å². The average Bonchev–Trinajstić information content (AvgIpc) is 2.48. The molecule has 0 radical (unpaired) electrons. The first-order chi connectivity index (χ1) is 10.7. The number of hydrogen-bond donors (Lipinski definition) is 1. The molecule has 1 aromatic rings. The quantitative estimate of drug-likeness (QED) is 0.740. The summed E-state index contributed by atoms with van der Waals surface area (Å²) in [5, 5.41) is 2.74. The number of nitrogens with zero attached hydrogens (tertiary/aromatic N) is 1. The minimum Gasteiger partial charge on any atom is -0.497 e. The van der Waals surface area contributed by atoms with E-state index >= 15 is 0 Å². The van der Waals surface area contributed by atoms with Crippen molar-refractivity contribution in [2.45, 2.75) is 26.8 Å². The van der Waals surface area contributed by atoms with Crippen LogP contribution in [-0.4, -0.2) is 45.1 Å². The molecular weight excluding hydrogens is 316 g/mol. The SMILES string of the molecule is COc1ccc(CNC(=O)CN(CCC(C)C)S(C)(=O)=O)cc1. The van der Waals surface area contributed by atoms with Crippen LogP contribution in [-0.2, 0) is 21.4 Å². The molecule has 130 valence electrons. The molecule has 1 amide bonds. The van der Waals surface area contributed by atoms with Gasteiger partial charge in [-0.3, -0.25) is 4.79 Å². The number of nitrogens with one attached hydrogen (secondary N) is 1. The van der Waals surface area contributed by atoms with Crippen molar-refractivity contribution in [1.29, 1.82) is 0 Å². The molecule has 0 aliphatic rings. The van der Waals surface area contributed by atoms with Gasteiger partial charge in [0.15, 0.2) is 0 Å². The molecule has 0 atom stereocenters. The van der Waals surface area contributed by atoms with Crippen molar-refractivity contribution in [3.8, 4) is 5.75 Å². The van der Waals surface area contributed by atoms with Gasteiger partial charge in [-0.15, -0.1) is 0 Å². The number of amides is 1. The van der Waals surface area contributed by atoms with Crippen LogP contribution in [0, 0.1) is 5.92 Å². The van der Waals surface area contributed by atoms with Crippen molar-refractivity contribution in [1.82, 2.24) is 9.62 Å². The normalized spacial score (nSPS) is 11.7. The topological polar surface area (TPSA) is 75.7 Å². The standard InChI is InChI=1S/C16H26N2O4S/c1-13(2)9-10-18(23(4,20)21)12-16(19)17-11-14-5-7-15(22-3)8-6-14/h5-8,13H,9-12H2,1-4H3,(H,17,19). The van der Waals surface area contributed by atoms with Gasteiger partial charge < -0.3 is 10.1 Å². The Kier molecular flexibility index (Phi) is 7.51. The Labute approximate surface area is 138 Å². The van der Waals surface area contributed by atoms with Crippen molar-refractivity contribution in [2.75, 3.05) is 26.5 Å². The van der Waals surface area contributed by atoms with Crippen LogP contribution in [0.3, 0.4) is 0 Å². The monoisotopic (exact) mass is 342 g/mol. The first-order valence-electron chi connectivity index (χ1n) is 7.57. The van der Waals surface area contributed by atoms with E-state index in [9.17, 15) is 13.2 Å². The largest absolute Gasteiger partial charge is 0.497 e. The fourth-order valence-corrected chi connectivity index (χ4v) is 2.71. The van der Waals surface area contributed by atoms with Crippen LogP contribution in [0.25, 0.3) is 0 Å². The molecule has 1 rings (SSSR count). The van der Waals surface area contributed by atoms with Gasteiger partial charge in [-0.25, -0.2) is 8.42 Å². The van der Waals surface area contributed by atoms with E-state index in [4.69, 9.17) is 4.74 Å². The van der Waals surface area contributed by atoms with Gasteiger partial charge >= 0.3 is 0 Å². The zero-order valence-electron chi connectivity index (χ0n) is 14.2. The molecule has 1 aromatic carbocycles. The highest BCUT2D eigenvalue weighted by atomic mass is 32.2. The van der Waals surface area contributed by atoms with Gasteiger partial charge in [0.1, 0.15) is 5.75 Å². The van der Waals surface area contributed by atoms with E-state index in [0.717, 1.165) is 24.0 Å². The van der Waals surface area contributed by atoms with E-state index in [1.807, 2.05) is 38.1 Å². The number of ether oxygens (including phenoxy) is 1. The third kappa shape index (κ3) is 7.47. The van der Waals surface area contributed by atoms with Crippen LogP contribution in [0.1, 0.15) is 25.8 Å². The molecule has 0 saturated carbocycles. The molecule has 0 spiro atoms. The molecule has 0 unspecified atom stereocenters. The van der Waals surface area contributed by atoms with Crippen LogP contribution in [0.5, 0.6) is 5.75 Å². The highest BCUT2D eigenvalue weighted by Crippen LogP contribution is 2.11. The Morgan fingerprint density at radius 2 is 1.87 bits per heavy atom.